The zero-order valence-electron chi connectivity index (χ0n) is 13.7. The van der Waals surface area contributed by atoms with Crippen LogP contribution >= 0.6 is 0 Å². The molecule has 2 aromatic rings. The first-order valence-electron chi connectivity index (χ1n) is 7.84. The van der Waals surface area contributed by atoms with Gasteiger partial charge >= 0.3 is 0 Å². The highest BCUT2D eigenvalue weighted by Crippen LogP contribution is 2.17. The molecule has 0 aromatic carbocycles. The largest absolute Gasteiger partial charge is 0.365 e. The molecule has 1 N–H and O–H groups in total. The molecule has 9 nitrogen and oxygen atoms in total. The highest BCUT2D eigenvalue weighted by Gasteiger charge is 2.25. The zero-order valence-corrected chi connectivity index (χ0v) is 13.7. The summed E-state index contributed by atoms with van der Waals surface area (Å²) in [6.07, 6.45) is 8.83. The number of aryl methyl sites for hydroxylation is 1. The molecule has 130 valence electrons. The van der Waals surface area contributed by atoms with Gasteiger partial charge in [0.25, 0.3) is 5.69 Å². The van der Waals surface area contributed by atoms with Crippen molar-refractivity contribution in [1.82, 2.24) is 19.7 Å². The molecule has 0 radical (unpaired) electrons. The van der Waals surface area contributed by atoms with E-state index in [-0.39, 0.29) is 17.6 Å². The first-order chi connectivity index (χ1) is 12.0. The molecule has 0 spiro atoms. The molecule has 3 rings (SSSR count). The highest BCUT2D eigenvalue weighted by atomic mass is 16.6. The molecule has 0 aliphatic carbocycles. The molecule has 1 fully saturated rings. The minimum Gasteiger partial charge on any atom is -0.365 e. The monoisotopic (exact) mass is 342 g/mol. The van der Waals surface area contributed by atoms with Crippen molar-refractivity contribution >= 4 is 23.5 Å². The van der Waals surface area contributed by atoms with E-state index in [4.69, 9.17) is 0 Å². The van der Waals surface area contributed by atoms with E-state index in [0.717, 1.165) is 12.0 Å². The fourth-order valence-corrected chi connectivity index (χ4v) is 2.67. The van der Waals surface area contributed by atoms with Crippen molar-refractivity contribution in [1.29, 1.82) is 0 Å². The Balaban J connectivity index is 1.53. The lowest BCUT2D eigenvalue weighted by Gasteiger charge is -2.15. The lowest BCUT2D eigenvalue weighted by Crippen LogP contribution is -2.30. The van der Waals surface area contributed by atoms with Gasteiger partial charge in [-0.25, -0.2) is 4.98 Å². The van der Waals surface area contributed by atoms with Crippen LogP contribution < -0.4 is 5.32 Å². The second kappa shape index (κ2) is 7.12. The summed E-state index contributed by atoms with van der Waals surface area (Å²) < 4.78 is 1.68. The second-order valence-corrected chi connectivity index (χ2v) is 5.85. The van der Waals surface area contributed by atoms with Crippen molar-refractivity contribution in [2.24, 2.45) is 7.05 Å². The van der Waals surface area contributed by atoms with Crippen LogP contribution in [0.1, 0.15) is 12.0 Å². The number of amides is 1. The van der Waals surface area contributed by atoms with Crippen LogP contribution in [0.4, 0.5) is 11.5 Å². The maximum Gasteiger partial charge on any atom is 0.287 e. The van der Waals surface area contributed by atoms with Crippen LogP contribution in [0.2, 0.25) is 0 Å². The Morgan fingerprint density at radius 1 is 1.44 bits per heavy atom. The van der Waals surface area contributed by atoms with Gasteiger partial charge in [-0.1, -0.05) is 0 Å². The average molecular weight is 342 g/mol. The molecule has 1 aliphatic rings. The fraction of sp³-hybridized carbons (Fsp3) is 0.312. The number of nitrogens with one attached hydrogen (secondary N) is 1. The summed E-state index contributed by atoms with van der Waals surface area (Å²) in [6.45, 7) is 1.22. The van der Waals surface area contributed by atoms with Gasteiger partial charge in [-0.3, -0.25) is 19.6 Å². The fourth-order valence-electron chi connectivity index (χ4n) is 2.67. The molecule has 25 heavy (non-hydrogen) atoms. The standard InChI is InChI=1S/C16H18N6O3/c1-20-10-12(8-18-20)2-5-16(23)21-7-6-13(11-21)19-15-4-3-14(9-17-15)22(24)25/h2-5,8-10,13H,6-7,11H2,1H3,(H,17,19)/b5-2+. The number of nitro groups is 1. The van der Waals surface area contributed by atoms with E-state index in [0.29, 0.717) is 18.9 Å². The summed E-state index contributed by atoms with van der Waals surface area (Å²) in [5, 5.41) is 17.9. The third-order valence-electron chi connectivity index (χ3n) is 3.95. The lowest BCUT2D eigenvalue weighted by molar-refractivity contribution is -0.385. The molecule has 2 aromatic heterocycles. The van der Waals surface area contributed by atoms with E-state index in [1.54, 1.807) is 34.0 Å². The number of hydrogen-bond acceptors (Lipinski definition) is 6. The summed E-state index contributed by atoms with van der Waals surface area (Å²) >= 11 is 0. The van der Waals surface area contributed by atoms with Crippen molar-refractivity contribution < 1.29 is 9.72 Å². The van der Waals surface area contributed by atoms with Crippen molar-refractivity contribution in [3.63, 3.8) is 0 Å². The summed E-state index contributed by atoms with van der Waals surface area (Å²) in [7, 11) is 1.82. The topological polar surface area (TPSA) is 106 Å². The molecule has 9 heteroatoms. The maximum absolute atomic E-state index is 12.2. The minimum absolute atomic E-state index is 0.0469. The Hall–Kier alpha value is -3.23. The van der Waals surface area contributed by atoms with Crippen LogP contribution in [0.3, 0.4) is 0 Å². The normalized spacial score (nSPS) is 17.2. The van der Waals surface area contributed by atoms with E-state index in [2.05, 4.69) is 15.4 Å². The van der Waals surface area contributed by atoms with Gasteiger partial charge in [-0.15, -0.1) is 0 Å². The number of hydrogen-bond donors (Lipinski definition) is 1. The maximum atomic E-state index is 12.2. The zero-order chi connectivity index (χ0) is 17.8. The Morgan fingerprint density at radius 2 is 2.28 bits per heavy atom. The molecule has 1 atom stereocenters. The van der Waals surface area contributed by atoms with Crippen LogP contribution in [0.15, 0.2) is 36.8 Å². The Morgan fingerprint density at radius 3 is 2.92 bits per heavy atom. The molecule has 1 amide bonds. The van der Waals surface area contributed by atoms with Crippen molar-refractivity contribution in [3.8, 4) is 0 Å². The first-order valence-corrected chi connectivity index (χ1v) is 7.84. The van der Waals surface area contributed by atoms with E-state index in [9.17, 15) is 14.9 Å². The molecule has 1 unspecified atom stereocenters. The second-order valence-electron chi connectivity index (χ2n) is 5.85. The molecule has 3 heterocycles. The number of pyridine rings is 1. The SMILES string of the molecule is Cn1cc(/C=C/C(=O)N2CCC(Nc3ccc([N+](=O)[O-])cn3)C2)cn1. The molecule has 1 saturated heterocycles. The summed E-state index contributed by atoms with van der Waals surface area (Å²) in [5.41, 5.74) is 0.828. The summed E-state index contributed by atoms with van der Waals surface area (Å²) in [5.74, 6) is 0.514. The number of nitrogens with zero attached hydrogens (tertiary/aromatic N) is 5. The van der Waals surface area contributed by atoms with Crippen LogP contribution in [0.5, 0.6) is 0 Å². The number of carbonyl (C=O) groups excluding carboxylic acids is 1. The Labute approximate surface area is 144 Å². The predicted molar refractivity (Wildman–Crippen MR) is 91.7 cm³/mol. The molecule has 1 aliphatic heterocycles. The van der Waals surface area contributed by atoms with Crippen LogP contribution in [-0.4, -0.2) is 49.6 Å². The van der Waals surface area contributed by atoms with Gasteiger partial charge in [0.15, 0.2) is 0 Å². The van der Waals surface area contributed by atoms with E-state index in [1.165, 1.54) is 12.3 Å². The molecule has 0 saturated carbocycles. The average Bonchev–Trinajstić information content (AvgIpc) is 3.22. The summed E-state index contributed by atoms with van der Waals surface area (Å²) in [4.78, 5) is 28.2. The van der Waals surface area contributed by atoms with Gasteiger partial charge in [0.2, 0.25) is 5.91 Å². The van der Waals surface area contributed by atoms with Crippen molar-refractivity contribution in [2.45, 2.75) is 12.5 Å². The highest BCUT2D eigenvalue weighted by molar-refractivity contribution is 5.92. The van der Waals surface area contributed by atoms with Gasteiger partial charge in [-0.2, -0.15) is 5.10 Å². The quantitative estimate of drug-likeness (QED) is 0.501. The first kappa shape index (κ1) is 16.6. The predicted octanol–water partition coefficient (Wildman–Crippen LogP) is 1.45. The number of likely N-dealkylation sites (tertiary alicyclic amines) is 1. The Kier molecular flexibility index (Phi) is 4.73. The lowest BCUT2D eigenvalue weighted by atomic mass is 10.2. The smallest absolute Gasteiger partial charge is 0.287 e. The van der Waals surface area contributed by atoms with Crippen LogP contribution in [-0.2, 0) is 11.8 Å². The minimum atomic E-state index is -0.485. The van der Waals surface area contributed by atoms with Crippen molar-refractivity contribution in [3.05, 3.63) is 52.5 Å². The summed E-state index contributed by atoms with van der Waals surface area (Å²) in [6, 6.07) is 3.05. The number of rotatable bonds is 5. The number of carbonyl (C=O) groups is 1. The molecular weight excluding hydrogens is 324 g/mol. The van der Waals surface area contributed by atoms with E-state index < -0.39 is 4.92 Å². The number of aromatic nitrogens is 3. The van der Waals surface area contributed by atoms with Gasteiger partial charge in [0.1, 0.15) is 12.0 Å². The van der Waals surface area contributed by atoms with Gasteiger partial charge in [-0.05, 0) is 18.6 Å². The third-order valence-corrected chi connectivity index (χ3v) is 3.95. The molecule has 0 bridgehead atoms. The van der Waals surface area contributed by atoms with E-state index >= 15 is 0 Å². The van der Waals surface area contributed by atoms with E-state index in [1.807, 2.05) is 13.2 Å². The Bertz CT molecular complexity index is 798. The van der Waals surface area contributed by atoms with Crippen LogP contribution in [0.25, 0.3) is 6.08 Å². The molecular formula is C16H18N6O3. The van der Waals surface area contributed by atoms with Gasteiger partial charge in [0.05, 0.1) is 11.1 Å². The van der Waals surface area contributed by atoms with Crippen LogP contribution in [0, 0.1) is 10.1 Å². The third kappa shape index (κ3) is 4.19. The van der Waals surface area contributed by atoms with Crippen molar-refractivity contribution in [2.75, 3.05) is 18.4 Å². The number of anilines is 1. The van der Waals surface area contributed by atoms with Gasteiger partial charge in [0, 0.05) is 50.1 Å². The van der Waals surface area contributed by atoms with Gasteiger partial charge < -0.3 is 10.2 Å².